The van der Waals surface area contributed by atoms with Gasteiger partial charge in [-0.15, -0.1) is 0 Å². The zero-order valence-corrected chi connectivity index (χ0v) is 26.4. The van der Waals surface area contributed by atoms with Crippen LogP contribution in [0.3, 0.4) is 0 Å². The van der Waals surface area contributed by atoms with Crippen molar-refractivity contribution in [3.63, 3.8) is 0 Å². The van der Waals surface area contributed by atoms with Crippen molar-refractivity contribution in [2.45, 2.75) is 9.88 Å². The number of carbonyl (C=O) groups is 2. The SMILES string of the molecule is O=C([O-])/C(=C/c1cccc2c1OCO2)c1ccccc1.O=C([O-])/C(=C/c1cccc2c1OCO2)c1ccccc1.[CH3][Sn+2][CH3]. The first-order valence-corrected chi connectivity index (χ1v) is 19.0. The fourth-order valence-corrected chi connectivity index (χ4v) is 4.20. The average molecular weight is 683 g/mol. The van der Waals surface area contributed by atoms with Gasteiger partial charge in [-0.3, -0.25) is 0 Å². The van der Waals surface area contributed by atoms with Crippen molar-refractivity contribution < 1.29 is 38.7 Å². The monoisotopic (exact) mass is 684 g/mol. The molecule has 2 heterocycles. The Hall–Kier alpha value is -4.70. The van der Waals surface area contributed by atoms with Crippen LogP contribution in [0.5, 0.6) is 23.0 Å². The summed E-state index contributed by atoms with van der Waals surface area (Å²) in [7, 11) is 0. The van der Waals surface area contributed by atoms with Gasteiger partial charge in [0.2, 0.25) is 13.6 Å². The number of carbonyl (C=O) groups excluding carboxylic acids is 2. The first kappa shape index (κ1) is 31.2. The molecule has 4 aromatic rings. The van der Waals surface area contributed by atoms with E-state index in [0.717, 1.165) is 0 Å². The molecule has 9 heteroatoms. The Balaban J connectivity index is 0.000000181. The molecule has 216 valence electrons. The molecule has 43 heavy (non-hydrogen) atoms. The summed E-state index contributed by atoms with van der Waals surface area (Å²) >= 11 is 0.230. The zero-order valence-electron chi connectivity index (χ0n) is 23.6. The van der Waals surface area contributed by atoms with Crippen LogP contribution >= 0.6 is 0 Å². The number of benzene rings is 4. The summed E-state index contributed by atoms with van der Waals surface area (Å²) < 4.78 is 21.3. The van der Waals surface area contributed by atoms with Gasteiger partial charge in [-0.2, -0.15) is 0 Å². The standard InChI is InChI=1S/2C16H12O4.2CH3.Sn/c2*17-16(18)13(11-5-2-1-3-6-11)9-12-7-4-8-14-15(12)20-10-19-14;;;/h2*1-9H,10H2,(H,17,18);2*1H3;/q;;;;+2/p-2/b2*13-9+;;;. The predicted octanol–water partition coefficient (Wildman–Crippen LogP) is 4.20. The minimum atomic E-state index is -1.23. The quantitative estimate of drug-likeness (QED) is 0.169. The molecular formula is C34H28O8Sn. The van der Waals surface area contributed by atoms with Gasteiger partial charge in [-0.05, 0) is 35.4 Å². The van der Waals surface area contributed by atoms with Gasteiger partial charge in [-0.1, -0.05) is 84.9 Å². The number of rotatable bonds is 6. The van der Waals surface area contributed by atoms with Gasteiger partial charge in [0, 0.05) is 22.3 Å². The van der Waals surface area contributed by atoms with E-state index in [1.807, 2.05) is 12.1 Å². The Morgan fingerprint density at radius 3 is 1.30 bits per heavy atom. The molecule has 4 aromatic carbocycles. The number of carboxylic acid groups (broad SMARTS) is 2. The van der Waals surface area contributed by atoms with Crippen molar-refractivity contribution in [3.05, 3.63) is 119 Å². The summed E-state index contributed by atoms with van der Waals surface area (Å²) in [5, 5.41) is 22.7. The van der Waals surface area contributed by atoms with Crippen molar-refractivity contribution in [2.24, 2.45) is 0 Å². The fourth-order valence-electron chi connectivity index (χ4n) is 4.20. The number of aliphatic carboxylic acids is 2. The number of hydrogen-bond donors (Lipinski definition) is 0. The van der Waals surface area contributed by atoms with Crippen LogP contribution < -0.4 is 29.2 Å². The first-order chi connectivity index (χ1) is 20.9. The van der Waals surface area contributed by atoms with Gasteiger partial charge in [0.05, 0.1) is 11.9 Å². The van der Waals surface area contributed by atoms with Gasteiger partial charge in [0.15, 0.2) is 23.0 Å². The number of hydrogen-bond acceptors (Lipinski definition) is 8. The molecule has 8 nitrogen and oxygen atoms in total. The Morgan fingerprint density at radius 1 is 0.581 bits per heavy atom. The molecule has 0 aliphatic carbocycles. The van der Waals surface area contributed by atoms with Crippen LogP contribution in [0.2, 0.25) is 9.88 Å². The number of carboxylic acids is 2. The predicted molar refractivity (Wildman–Crippen MR) is 161 cm³/mol. The maximum atomic E-state index is 11.4. The molecule has 0 amide bonds. The van der Waals surface area contributed by atoms with Crippen LogP contribution in [0.25, 0.3) is 23.3 Å². The fraction of sp³-hybridized carbons (Fsp3) is 0.118. The summed E-state index contributed by atoms with van der Waals surface area (Å²) in [5.74, 6) is -0.112. The number of para-hydroxylation sites is 2. The van der Waals surface area contributed by atoms with Crippen LogP contribution in [-0.4, -0.2) is 46.7 Å². The third-order valence-electron chi connectivity index (χ3n) is 6.06. The molecule has 0 fully saturated rings. The molecule has 0 saturated carbocycles. The summed E-state index contributed by atoms with van der Waals surface area (Å²) in [6.07, 6.45) is 3.08. The van der Waals surface area contributed by atoms with E-state index in [1.54, 1.807) is 84.9 Å². The van der Waals surface area contributed by atoms with Gasteiger partial charge in [0.25, 0.3) is 0 Å². The Labute approximate surface area is 260 Å². The van der Waals surface area contributed by atoms with Gasteiger partial charge in [-0.25, -0.2) is 0 Å². The van der Waals surface area contributed by atoms with E-state index >= 15 is 0 Å². The molecule has 6 rings (SSSR count). The van der Waals surface area contributed by atoms with Crippen molar-refractivity contribution in [1.29, 1.82) is 0 Å². The van der Waals surface area contributed by atoms with Gasteiger partial charge >= 0.3 is 31.0 Å². The average Bonchev–Trinajstić information content (AvgIpc) is 3.71. The van der Waals surface area contributed by atoms with Crippen molar-refractivity contribution in [2.75, 3.05) is 13.6 Å². The maximum absolute atomic E-state index is 11.4. The van der Waals surface area contributed by atoms with E-state index in [1.165, 1.54) is 12.2 Å². The zero-order chi connectivity index (χ0) is 30.6. The van der Waals surface area contributed by atoms with E-state index < -0.39 is 11.9 Å². The van der Waals surface area contributed by atoms with Crippen LogP contribution in [-0.2, 0) is 9.59 Å². The Morgan fingerprint density at radius 2 is 0.953 bits per heavy atom. The molecule has 2 aliphatic rings. The van der Waals surface area contributed by atoms with Gasteiger partial charge < -0.3 is 38.7 Å². The number of fused-ring (bicyclic) bond motifs is 2. The van der Waals surface area contributed by atoms with E-state index in [2.05, 4.69) is 9.88 Å². The van der Waals surface area contributed by atoms with E-state index in [4.69, 9.17) is 18.9 Å². The third kappa shape index (κ3) is 8.20. The van der Waals surface area contributed by atoms with Crippen molar-refractivity contribution in [3.8, 4) is 23.0 Å². The molecule has 0 aromatic heterocycles. The van der Waals surface area contributed by atoms with Crippen LogP contribution in [0, 0.1) is 0 Å². The second-order valence-electron chi connectivity index (χ2n) is 9.09. The summed E-state index contributed by atoms with van der Waals surface area (Å²) in [4.78, 5) is 27.3. The molecule has 0 spiro atoms. The van der Waals surface area contributed by atoms with E-state index in [-0.39, 0.29) is 45.9 Å². The summed E-state index contributed by atoms with van der Waals surface area (Å²) in [5.41, 5.74) is 2.70. The van der Waals surface area contributed by atoms with Crippen molar-refractivity contribution >= 4 is 56.4 Å². The molecule has 0 atom stereocenters. The van der Waals surface area contributed by atoms with Crippen LogP contribution in [0.15, 0.2) is 97.1 Å². The molecule has 0 unspecified atom stereocenters. The van der Waals surface area contributed by atoms with Crippen molar-refractivity contribution in [1.82, 2.24) is 0 Å². The molecule has 0 radical (unpaired) electrons. The Kier molecular flexibility index (Phi) is 11.3. The van der Waals surface area contributed by atoms with Gasteiger partial charge in [0.1, 0.15) is 0 Å². The molecule has 0 saturated heterocycles. The number of ether oxygens (including phenoxy) is 4. The molecule has 0 bridgehead atoms. The molecular weight excluding hydrogens is 655 g/mol. The normalized spacial score (nSPS) is 12.6. The molecule has 0 N–H and O–H groups in total. The Bertz CT molecular complexity index is 1490. The second-order valence-corrected chi connectivity index (χ2v) is 11.9. The third-order valence-corrected chi connectivity index (χ3v) is 6.06. The van der Waals surface area contributed by atoms with E-state index in [0.29, 0.717) is 45.3 Å². The summed E-state index contributed by atoms with van der Waals surface area (Å²) in [6, 6.07) is 28.4. The first-order valence-electron chi connectivity index (χ1n) is 13.3. The molecule has 2 aliphatic heterocycles. The summed E-state index contributed by atoms with van der Waals surface area (Å²) in [6.45, 7) is 0.290. The van der Waals surface area contributed by atoms with E-state index in [9.17, 15) is 19.8 Å². The second kappa shape index (κ2) is 15.5. The van der Waals surface area contributed by atoms with Crippen LogP contribution in [0.1, 0.15) is 22.3 Å². The topological polar surface area (TPSA) is 117 Å². The minimum absolute atomic E-state index is 0.106. The van der Waals surface area contributed by atoms with Crippen LogP contribution in [0.4, 0.5) is 0 Å².